The zero-order valence-electron chi connectivity index (χ0n) is 11.3. The second kappa shape index (κ2) is 5.81. The Morgan fingerprint density at radius 1 is 1.23 bits per heavy atom. The van der Waals surface area contributed by atoms with Crippen molar-refractivity contribution in [3.8, 4) is 5.75 Å². The molecule has 1 atom stereocenters. The Balaban J connectivity index is 2.04. The quantitative estimate of drug-likeness (QED) is 0.663. The number of carbonyl (C=O) groups is 2. The second-order valence-electron chi connectivity index (χ2n) is 4.75. The number of halogens is 1. The highest BCUT2D eigenvalue weighted by molar-refractivity contribution is 9.10. The van der Waals surface area contributed by atoms with Gasteiger partial charge in [-0.3, -0.25) is 4.79 Å². The first-order valence-electron chi connectivity index (χ1n) is 6.52. The Morgan fingerprint density at radius 3 is 2.64 bits per heavy atom. The molecule has 6 heteroatoms. The van der Waals surface area contributed by atoms with E-state index in [-0.39, 0.29) is 12.4 Å². The third-order valence-electron chi connectivity index (χ3n) is 3.33. The first-order valence-corrected chi connectivity index (χ1v) is 7.31. The summed E-state index contributed by atoms with van der Waals surface area (Å²) in [5.41, 5.74) is 1.47. The van der Waals surface area contributed by atoms with Crippen LogP contribution in [-0.2, 0) is 4.74 Å². The fourth-order valence-electron chi connectivity index (χ4n) is 2.40. The minimum atomic E-state index is -1.38. The molecule has 5 nitrogen and oxygen atoms in total. The van der Waals surface area contributed by atoms with Gasteiger partial charge in [-0.1, -0.05) is 46.3 Å². The summed E-state index contributed by atoms with van der Waals surface area (Å²) < 4.78 is 11.0. The summed E-state index contributed by atoms with van der Waals surface area (Å²) in [6.45, 7) is 0.0627. The lowest BCUT2D eigenvalue weighted by molar-refractivity contribution is 0.0419. The first kappa shape index (κ1) is 14.6. The third kappa shape index (κ3) is 2.69. The number of ketones is 1. The zero-order chi connectivity index (χ0) is 15.7. The number of hydrogen-bond donors (Lipinski definition) is 1. The van der Waals surface area contributed by atoms with Crippen LogP contribution in [0.5, 0.6) is 5.75 Å². The van der Waals surface area contributed by atoms with Gasteiger partial charge in [0.25, 0.3) is 0 Å². The van der Waals surface area contributed by atoms with E-state index < -0.39 is 12.3 Å². The number of rotatable bonds is 3. The molecule has 0 aliphatic carbocycles. The molecule has 0 amide bonds. The maximum atomic E-state index is 12.6. The summed E-state index contributed by atoms with van der Waals surface area (Å²) >= 11 is 3.34. The summed E-state index contributed by atoms with van der Waals surface area (Å²) in [4.78, 5) is 23.4. The third-order valence-corrected chi connectivity index (χ3v) is 3.79. The van der Waals surface area contributed by atoms with Crippen molar-refractivity contribution in [2.75, 3.05) is 6.61 Å². The normalized spacial score (nSPS) is 15.8. The molecule has 22 heavy (non-hydrogen) atoms. The lowest BCUT2D eigenvalue weighted by Crippen LogP contribution is -2.10. The first-order chi connectivity index (χ1) is 10.6. The van der Waals surface area contributed by atoms with Gasteiger partial charge in [0.2, 0.25) is 0 Å². The molecule has 112 valence electrons. The van der Waals surface area contributed by atoms with Gasteiger partial charge in [-0.25, -0.2) is 4.79 Å². The van der Waals surface area contributed by atoms with E-state index in [1.54, 1.807) is 36.4 Å². The van der Waals surface area contributed by atoms with Crippen molar-refractivity contribution in [2.24, 2.45) is 0 Å². The average molecular weight is 363 g/mol. The summed E-state index contributed by atoms with van der Waals surface area (Å²) in [6, 6.07) is 12.2. The molecular formula is C16H11BrO5. The Bertz CT molecular complexity index is 742. The van der Waals surface area contributed by atoms with Crippen LogP contribution in [0.2, 0.25) is 0 Å². The highest BCUT2D eigenvalue weighted by Crippen LogP contribution is 2.40. The van der Waals surface area contributed by atoms with Crippen LogP contribution in [0.4, 0.5) is 4.79 Å². The van der Waals surface area contributed by atoms with Crippen LogP contribution < -0.4 is 4.74 Å². The molecule has 2 aromatic rings. The molecule has 1 unspecified atom stereocenters. The van der Waals surface area contributed by atoms with Gasteiger partial charge in [-0.15, -0.1) is 0 Å². The van der Waals surface area contributed by atoms with Crippen LogP contribution >= 0.6 is 15.9 Å². The van der Waals surface area contributed by atoms with E-state index in [1.807, 2.05) is 6.07 Å². The molecule has 0 fully saturated rings. The van der Waals surface area contributed by atoms with E-state index in [0.29, 0.717) is 26.9 Å². The Morgan fingerprint density at radius 2 is 1.95 bits per heavy atom. The molecule has 0 spiro atoms. The summed E-state index contributed by atoms with van der Waals surface area (Å²) in [5.74, 6) is 0.192. The molecule has 0 bridgehead atoms. The van der Waals surface area contributed by atoms with E-state index in [2.05, 4.69) is 15.9 Å². The Labute approximate surface area is 134 Å². The number of hydrogen-bond acceptors (Lipinski definition) is 4. The number of carbonyl (C=O) groups excluding carboxylic acids is 1. The van der Waals surface area contributed by atoms with Crippen molar-refractivity contribution >= 4 is 27.9 Å². The highest BCUT2D eigenvalue weighted by atomic mass is 79.9. The van der Waals surface area contributed by atoms with E-state index >= 15 is 0 Å². The van der Waals surface area contributed by atoms with E-state index in [0.717, 1.165) is 0 Å². The van der Waals surface area contributed by atoms with Gasteiger partial charge in [-0.2, -0.15) is 0 Å². The van der Waals surface area contributed by atoms with Crippen molar-refractivity contribution in [3.05, 3.63) is 63.6 Å². The minimum Gasteiger partial charge on any atom is -0.488 e. The van der Waals surface area contributed by atoms with Crippen LogP contribution in [0.15, 0.2) is 46.9 Å². The summed E-state index contributed by atoms with van der Waals surface area (Å²) in [6.07, 6.45) is -2.11. The van der Waals surface area contributed by atoms with Crippen molar-refractivity contribution in [1.29, 1.82) is 0 Å². The SMILES string of the molecule is O=C(O)OC1COc2c(C(=O)c3ccccc3)cc(Br)cc21. The number of fused-ring (bicyclic) bond motifs is 1. The molecule has 0 aromatic heterocycles. The van der Waals surface area contributed by atoms with Gasteiger partial charge < -0.3 is 14.6 Å². The molecule has 0 radical (unpaired) electrons. The Hall–Kier alpha value is -2.34. The molecule has 2 aromatic carbocycles. The predicted octanol–water partition coefficient (Wildman–Crippen LogP) is 3.81. The van der Waals surface area contributed by atoms with Crippen molar-refractivity contribution in [2.45, 2.75) is 6.10 Å². The van der Waals surface area contributed by atoms with Crippen LogP contribution in [0.1, 0.15) is 27.6 Å². The van der Waals surface area contributed by atoms with Crippen LogP contribution in [-0.4, -0.2) is 23.7 Å². The fraction of sp³-hybridized carbons (Fsp3) is 0.125. The molecule has 1 aliphatic rings. The largest absolute Gasteiger partial charge is 0.506 e. The maximum absolute atomic E-state index is 12.6. The average Bonchev–Trinajstić information content (AvgIpc) is 2.89. The molecule has 1 heterocycles. The lowest BCUT2D eigenvalue weighted by atomic mass is 9.99. The van der Waals surface area contributed by atoms with Gasteiger partial charge in [0.05, 0.1) is 5.56 Å². The molecule has 0 saturated heterocycles. The van der Waals surface area contributed by atoms with Crippen LogP contribution in [0.25, 0.3) is 0 Å². The predicted molar refractivity (Wildman–Crippen MR) is 81.4 cm³/mol. The monoisotopic (exact) mass is 362 g/mol. The minimum absolute atomic E-state index is 0.0627. The van der Waals surface area contributed by atoms with Crippen molar-refractivity contribution < 1.29 is 24.2 Å². The Kier molecular flexibility index (Phi) is 3.85. The van der Waals surface area contributed by atoms with Crippen molar-refractivity contribution in [1.82, 2.24) is 0 Å². The van der Waals surface area contributed by atoms with Gasteiger partial charge in [0.1, 0.15) is 12.4 Å². The topological polar surface area (TPSA) is 72.8 Å². The van der Waals surface area contributed by atoms with Crippen LogP contribution in [0.3, 0.4) is 0 Å². The number of carboxylic acid groups (broad SMARTS) is 1. The van der Waals surface area contributed by atoms with Gasteiger partial charge in [0.15, 0.2) is 11.9 Å². The molecule has 3 rings (SSSR count). The second-order valence-corrected chi connectivity index (χ2v) is 5.67. The highest BCUT2D eigenvalue weighted by Gasteiger charge is 2.32. The van der Waals surface area contributed by atoms with Gasteiger partial charge in [0, 0.05) is 15.6 Å². The van der Waals surface area contributed by atoms with E-state index in [1.165, 1.54) is 0 Å². The molecule has 1 aliphatic heterocycles. The molecule has 0 saturated carbocycles. The smallest absolute Gasteiger partial charge is 0.488 e. The molecular weight excluding hydrogens is 352 g/mol. The van der Waals surface area contributed by atoms with Gasteiger partial charge >= 0.3 is 6.16 Å². The van der Waals surface area contributed by atoms with Gasteiger partial charge in [-0.05, 0) is 12.1 Å². The van der Waals surface area contributed by atoms with E-state index in [4.69, 9.17) is 14.6 Å². The maximum Gasteiger partial charge on any atom is 0.506 e. The zero-order valence-corrected chi connectivity index (χ0v) is 12.9. The van der Waals surface area contributed by atoms with E-state index in [9.17, 15) is 9.59 Å². The molecule has 1 N–H and O–H groups in total. The fourth-order valence-corrected chi connectivity index (χ4v) is 2.87. The standard InChI is InChI=1S/C16H11BrO5/c17-10-6-11-13(22-16(19)20)8-21-15(11)12(7-10)14(18)9-4-2-1-3-5-9/h1-7,13H,8H2,(H,19,20). The lowest BCUT2D eigenvalue weighted by Gasteiger charge is -2.10. The van der Waals surface area contributed by atoms with Crippen molar-refractivity contribution in [3.63, 3.8) is 0 Å². The number of ether oxygens (including phenoxy) is 2. The summed E-state index contributed by atoms with van der Waals surface area (Å²) in [7, 11) is 0. The summed E-state index contributed by atoms with van der Waals surface area (Å²) in [5, 5.41) is 8.77. The van der Waals surface area contributed by atoms with Crippen LogP contribution in [0, 0.1) is 0 Å². The number of benzene rings is 2.